The van der Waals surface area contributed by atoms with Crippen molar-refractivity contribution in [2.24, 2.45) is 17.8 Å². The van der Waals surface area contributed by atoms with E-state index in [9.17, 15) is 9.59 Å². The normalized spacial score (nSPS) is 26.6. The average Bonchev–Trinajstić information content (AvgIpc) is 3.15. The van der Waals surface area contributed by atoms with Crippen molar-refractivity contribution in [2.45, 2.75) is 19.3 Å². The van der Waals surface area contributed by atoms with Gasteiger partial charge in [0.15, 0.2) is 0 Å². The average molecular weight is 241 g/mol. The highest BCUT2D eigenvalue weighted by molar-refractivity contribution is 5.89. The zero-order valence-corrected chi connectivity index (χ0v) is 10.1. The number of carboxylic acids is 1. The summed E-state index contributed by atoms with van der Waals surface area (Å²) in [7, 11) is 1.71. The SMILES string of the molecule is CN(CCOCC1CC1)C(=O)[C@@H]1C[C@@H]1C(=O)O. The maximum Gasteiger partial charge on any atom is 0.307 e. The summed E-state index contributed by atoms with van der Waals surface area (Å²) < 4.78 is 5.44. The molecule has 96 valence electrons. The fourth-order valence-electron chi connectivity index (χ4n) is 1.87. The van der Waals surface area contributed by atoms with Gasteiger partial charge in [-0.3, -0.25) is 9.59 Å². The van der Waals surface area contributed by atoms with Gasteiger partial charge in [-0.2, -0.15) is 0 Å². The molecule has 0 unspecified atom stereocenters. The van der Waals surface area contributed by atoms with E-state index in [4.69, 9.17) is 9.84 Å². The Bertz CT molecular complexity index is 314. The van der Waals surface area contributed by atoms with E-state index in [1.54, 1.807) is 11.9 Å². The van der Waals surface area contributed by atoms with Crippen LogP contribution < -0.4 is 0 Å². The smallest absolute Gasteiger partial charge is 0.307 e. The van der Waals surface area contributed by atoms with E-state index in [-0.39, 0.29) is 11.8 Å². The Balaban J connectivity index is 1.60. The van der Waals surface area contributed by atoms with E-state index in [0.717, 1.165) is 12.5 Å². The van der Waals surface area contributed by atoms with Crippen LogP contribution in [0.1, 0.15) is 19.3 Å². The zero-order chi connectivity index (χ0) is 12.4. The van der Waals surface area contributed by atoms with Gasteiger partial charge in [0.25, 0.3) is 0 Å². The van der Waals surface area contributed by atoms with Crippen LogP contribution >= 0.6 is 0 Å². The number of rotatable bonds is 7. The number of amides is 1. The molecule has 0 aliphatic heterocycles. The number of nitrogens with zero attached hydrogens (tertiary/aromatic N) is 1. The lowest BCUT2D eigenvalue weighted by molar-refractivity contribution is -0.141. The van der Waals surface area contributed by atoms with E-state index >= 15 is 0 Å². The number of carbonyl (C=O) groups excluding carboxylic acids is 1. The summed E-state index contributed by atoms with van der Waals surface area (Å²) in [5, 5.41) is 8.74. The molecule has 0 heterocycles. The molecule has 0 bridgehead atoms. The minimum atomic E-state index is -0.860. The second kappa shape index (κ2) is 5.04. The van der Waals surface area contributed by atoms with Gasteiger partial charge in [-0.25, -0.2) is 0 Å². The Kier molecular flexibility index (Phi) is 3.66. The predicted octanol–water partition coefficient (Wildman–Crippen LogP) is 0.592. The van der Waals surface area contributed by atoms with Crippen LogP contribution in [0.4, 0.5) is 0 Å². The molecule has 5 heteroatoms. The maximum absolute atomic E-state index is 11.8. The van der Waals surface area contributed by atoms with Gasteiger partial charge in [0.05, 0.1) is 18.4 Å². The summed E-state index contributed by atoms with van der Waals surface area (Å²) in [6.45, 7) is 1.89. The zero-order valence-electron chi connectivity index (χ0n) is 10.1. The van der Waals surface area contributed by atoms with Crippen molar-refractivity contribution in [1.29, 1.82) is 0 Å². The molecule has 0 radical (unpaired) electrons. The number of hydrogen-bond acceptors (Lipinski definition) is 3. The first-order valence-electron chi connectivity index (χ1n) is 6.15. The molecule has 17 heavy (non-hydrogen) atoms. The van der Waals surface area contributed by atoms with Crippen LogP contribution in [-0.2, 0) is 14.3 Å². The van der Waals surface area contributed by atoms with Crippen molar-refractivity contribution in [1.82, 2.24) is 4.90 Å². The molecule has 0 aromatic carbocycles. The summed E-state index contributed by atoms with van der Waals surface area (Å²) in [6, 6.07) is 0. The number of hydrogen-bond donors (Lipinski definition) is 1. The minimum Gasteiger partial charge on any atom is -0.481 e. The van der Waals surface area contributed by atoms with Gasteiger partial charge in [0.1, 0.15) is 0 Å². The lowest BCUT2D eigenvalue weighted by Crippen LogP contribution is -2.32. The Morgan fingerprint density at radius 3 is 2.59 bits per heavy atom. The van der Waals surface area contributed by atoms with Gasteiger partial charge in [0, 0.05) is 20.2 Å². The lowest BCUT2D eigenvalue weighted by atomic mass is 10.3. The molecule has 2 fully saturated rings. The number of aliphatic carboxylic acids is 1. The van der Waals surface area contributed by atoms with Gasteiger partial charge < -0.3 is 14.7 Å². The minimum absolute atomic E-state index is 0.0626. The van der Waals surface area contributed by atoms with Gasteiger partial charge in [-0.15, -0.1) is 0 Å². The van der Waals surface area contributed by atoms with Crippen molar-refractivity contribution < 1.29 is 19.4 Å². The van der Waals surface area contributed by atoms with Crippen molar-refractivity contribution in [2.75, 3.05) is 26.8 Å². The van der Waals surface area contributed by atoms with Crippen molar-refractivity contribution in [3.05, 3.63) is 0 Å². The van der Waals surface area contributed by atoms with Crippen LogP contribution in [0.5, 0.6) is 0 Å². The summed E-state index contributed by atoms with van der Waals surface area (Å²) in [4.78, 5) is 24.0. The quantitative estimate of drug-likeness (QED) is 0.662. The summed E-state index contributed by atoms with van der Waals surface area (Å²) in [5.74, 6) is -0.955. The van der Waals surface area contributed by atoms with Crippen LogP contribution in [-0.4, -0.2) is 48.7 Å². The Labute approximate surface area is 101 Å². The van der Waals surface area contributed by atoms with Crippen molar-refractivity contribution in [3.63, 3.8) is 0 Å². The Hall–Kier alpha value is -1.10. The molecule has 0 aromatic heterocycles. The molecule has 0 spiro atoms. The number of likely N-dealkylation sites (N-methyl/N-ethyl adjacent to an activating group) is 1. The van der Waals surface area contributed by atoms with Gasteiger partial charge >= 0.3 is 5.97 Å². The third-order valence-electron chi connectivity index (χ3n) is 3.42. The molecule has 1 N–H and O–H groups in total. The van der Waals surface area contributed by atoms with E-state index in [0.29, 0.717) is 19.6 Å². The summed E-state index contributed by atoms with van der Waals surface area (Å²) >= 11 is 0. The van der Waals surface area contributed by atoms with E-state index in [1.807, 2.05) is 0 Å². The molecule has 0 aromatic rings. The third-order valence-corrected chi connectivity index (χ3v) is 3.42. The topological polar surface area (TPSA) is 66.8 Å². The van der Waals surface area contributed by atoms with E-state index < -0.39 is 11.9 Å². The highest BCUT2D eigenvalue weighted by Gasteiger charge is 2.49. The van der Waals surface area contributed by atoms with Crippen LogP contribution in [0.25, 0.3) is 0 Å². The highest BCUT2D eigenvalue weighted by atomic mass is 16.5. The predicted molar refractivity (Wildman–Crippen MR) is 60.4 cm³/mol. The fraction of sp³-hybridized carbons (Fsp3) is 0.833. The molecule has 0 saturated heterocycles. The number of carboxylic acid groups (broad SMARTS) is 1. The van der Waals surface area contributed by atoms with Crippen molar-refractivity contribution >= 4 is 11.9 Å². The molecular weight excluding hydrogens is 222 g/mol. The first-order valence-corrected chi connectivity index (χ1v) is 6.15. The van der Waals surface area contributed by atoms with E-state index in [2.05, 4.69) is 0 Å². The first kappa shape index (κ1) is 12.4. The van der Waals surface area contributed by atoms with Crippen LogP contribution in [0.15, 0.2) is 0 Å². The van der Waals surface area contributed by atoms with Crippen LogP contribution in [0.2, 0.25) is 0 Å². The van der Waals surface area contributed by atoms with Crippen LogP contribution in [0.3, 0.4) is 0 Å². The molecule has 2 atom stereocenters. The summed E-state index contributed by atoms with van der Waals surface area (Å²) in [6.07, 6.45) is 3.01. The van der Waals surface area contributed by atoms with Gasteiger partial charge in [0.2, 0.25) is 5.91 Å². The molecule has 2 rings (SSSR count). The molecule has 1 amide bonds. The van der Waals surface area contributed by atoms with Gasteiger partial charge in [-0.1, -0.05) is 0 Å². The monoisotopic (exact) mass is 241 g/mol. The second-order valence-corrected chi connectivity index (χ2v) is 5.07. The molecule has 2 saturated carbocycles. The van der Waals surface area contributed by atoms with E-state index in [1.165, 1.54) is 12.8 Å². The molecule has 5 nitrogen and oxygen atoms in total. The third kappa shape index (κ3) is 3.43. The summed E-state index contributed by atoms with van der Waals surface area (Å²) in [5.41, 5.74) is 0. The van der Waals surface area contributed by atoms with Gasteiger partial charge in [-0.05, 0) is 25.2 Å². The standard InChI is InChI=1S/C12H19NO4/c1-13(4-5-17-7-8-2-3-8)11(14)9-6-10(9)12(15)16/h8-10H,2-7H2,1H3,(H,15,16)/t9-,10+/m1/s1. The lowest BCUT2D eigenvalue weighted by Gasteiger charge is -2.16. The largest absolute Gasteiger partial charge is 0.481 e. The Morgan fingerprint density at radius 1 is 1.35 bits per heavy atom. The highest BCUT2D eigenvalue weighted by Crippen LogP contribution is 2.39. The molecular formula is C12H19NO4. The maximum atomic E-state index is 11.8. The fourth-order valence-corrected chi connectivity index (χ4v) is 1.87. The second-order valence-electron chi connectivity index (χ2n) is 5.07. The number of carbonyl (C=O) groups is 2. The number of ether oxygens (including phenoxy) is 1. The molecule has 2 aliphatic carbocycles. The van der Waals surface area contributed by atoms with Crippen LogP contribution in [0, 0.1) is 17.8 Å². The molecule has 2 aliphatic rings. The first-order chi connectivity index (χ1) is 8.09. The Morgan fingerprint density at radius 2 is 2.06 bits per heavy atom. The van der Waals surface area contributed by atoms with Crippen molar-refractivity contribution in [3.8, 4) is 0 Å².